The van der Waals surface area contributed by atoms with Crippen molar-refractivity contribution >= 4 is 5.78 Å². The molecule has 1 aliphatic carbocycles. The molecule has 0 saturated heterocycles. The number of ketones is 1. The summed E-state index contributed by atoms with van der Waals surface area (Å²) in [5.41, 5.74) is 7.75. The minimum absolute atomic E-state index is 0.00502. The van der Waals surface area contributed by atoms with Gasteiger partial charge < -0.3 is 4.98 Å². The molecule has 2 heterocycles. The van der Waals surface area contributed by atoms with E-state index in [2.05, 4.69) is 55.0 Å². The Hall–Kier alpha value is -2.68. The molecule has 132 valence electrons. The van der Waals surface area contributed by atoms with E-state index in [0.29, 0.717) is 6.42 Å². The summed E-state index contributed by atoms with van der Waals surface area (Å²) in [5.74, 6) is 0.260. The van der Waals surface area contributed by atoms with Gasteiger partial charge >= 0.3 is 0 Å². The third-order valence-corrected chi connectivity index (χ3v) is 5.19. The summed E-state index contributed by atoms with van der Waals surface area (Å²) < 4.78 is 0. The molecule has 0 aliphatic heterocycles. The molecule has 0 bridgehead atoms. The Labute approximate surface area is 154 Å². The molecule has 3 nitrogen and oxygen atoms in total. The zero-order valence-corrected chi connectivity index (χ0v) is 15.6. The number of hydrogen-bond acceptors (Lipinski definition) is 2. The van der Waals surface area contributed by atoms with E-state index in [-0.39, 0.29) is 11.2 Å². The van der Waals surface area contributed by atoms with Crippen molar-refractivity contribution in [3.63, 3.8) is 0 Å². The van der Waals surface area contributed by atoms with Crippen molar-refractivity contribution in [3.05, 3.63) is 76.7 Å². The maximum Gasteiger partial charge on any atom is 0.165 e. The quantitative estimate of drug-likeness (QED) is 0.716. The largest absolute Gasteiger partial charge is 0.358 e. The Kier molecular flexibility index (Phi) is 4.03. The van der Waals surface area contributed by atoms with E-state index in [0.717, 1.165) is 40.9 Å². The van der Waals surface area contributed by atoms with Crippen molar-refractivity contribution < 1.29 is 4.79 Å². The predicted octanol–water partition coefficient (Wildman–Crippen LogP) is 5.13. The van der Waals surface area contributed by atoms with Gasteiger partial charge in [0, 0.05) is 42.1 Å². The molecule has 1 N–H and O–H groups in total. The number of nitrogens with one attached hydrogen (secondary N) is 1. The van der Waals surface area contributed by atoms with E-state index < -0.39 is 0 Å². The van der Waals surface area contributed by atoms with Crippen LogP contribution in [0.2, 0.25) is 0 Å². The van der Waals surface area contributed by atoms with Crippen LogP contribution in [0.1, 0.15) is 53.0 Å². The molecule has 0 saturated carbocycles. The number of rotatable bonds is 3. The fourth-order valence-electron chi connectivity index (χ4n) is 4.10. The van der Waals surface area contributed by atoms with Crippen LogP contribution in [0.3, 0.4) is 0 Å². The minimum Gasteiger partial charge on any atom is -0.358 e. The van der Waals surface area contributed by atoms with Gasteiger partial charge in [-0.15, -0.1) is 0 Å². The predicted molar refractivity (Wildman–Crippen MR) is 104 cm³/mol. The molecule has 0 radical (unpaired) electrons. The number of H-pyrrole nitrogens is 1. The first-order valence-corrected chi connectivity index (χ1v) is 9.16. The first kappa shape index (κ1) is 16.8. The molecular formula is C23H24N2O. The van der Waals surface area contributed by atoms with Crippen LogP contribution in [-0.4, -0.2) is 15.8 Å². The SMILES string of the molecule is Cc1cccc(Cc2c(-c3ccncc3)[nH]c3c2C(=O)CC(C)(C)C3)c1. The second-order valence-electron chi connectivity index (χ2n) is 8.17. The number of nitrogens with zero attached hydrogens (tertiary/aromatic N) is 1. The van der Waals surface area contributed by atoms with Gasteiger partial charge in [-0.3, -0.25) is 9.78 Å². The number of aromatic amines is 1. The number of fused-ring (bicyclic) bond motifs is 1. The fourth-order valence-corrected chi connectivity index (χ4v) is 4.10. The molecule has 0 fully saturated rings. The van der Waals surface area contributed by atoms with Gasteiger partial charge in [-0.05, 0) is 42.0 Å². The number of aryl methyl sites for hydroxylation is 1. The Balaban J connectivity index is 1.88. The summed E-state index contributed by atoms with van der Waals surface area (Å²) >= 11 is 0. The number of pyridine rings is 1. The summed E-state index contributed by atoms with van der Waals surface area (Å²) in [5, 5.41) is 0. The average molecular weight is 344 g/mol. The van der Waals surface area contributed by atoms with Gasteiger partial charge in [0.25, 0.3) is 0 Å². The molecule has 0 amide bonds. The van der Waals surface area contributed by atoms with E-state index in [1.54, 1.807) is 12.4 Å². The summed E-state index contributed by atoms with van der Waals surface area (Å²) in [6, 6.07) is 12.5. The fraction of sp³-hybridized carbons (Fsp3) is 0.304. The molecule has 1 aliphatic rings. The minimum atomic E-state index is 0.00502. The van der Waals surface area contributed by atoms with E-state index in [1.807, 2.05) is 12.1 Å². The van der Waals surface area contributed by atoms with Crippen LogP contribution < -0.4 is 0 Å². The lowest BCUT2D eigenvalue weighted by atomic mass is 9.75. The van der Waals surface area contributed by atoms with Crippen molar-refractivity contribution in [2.45, 2.75) is 40.0 Å². The van der Waals surface area contributed by atoms with Crippen molar-refractivity contribution in [1.82, 2.24) is 9.97 Å². The number of carbonyl (C=O) groups is 1. The molecule has 0 spiro atoms. The van der Waals surface area contributed by atoms with E-state index in [9.17, 15) is 4.79 Å². The van der Waals surface area contributed by atoms with Gasteiger partial charge in [-0.2, -0.15) is 0 Å². The topological polar surface area (TPSA) is 45.8 Å². The van der Waals surface area contributed by atoms with Gasteiger partial charge in [-0.1, -0.05) is 43.7 Å². The molecule has 3 heteroatoms. The zero-order chi connectivity index (χ0) is 18.3. The number of benzene rings is 1. The summed E-state index contributed by atoms with van der Waals surface area (Å²) in [6.45, 7) is 6.44. The van der Waals surface area contributed by atoms with Crippen molar-refractivity contribution in [2.24, 2.45) is 5.41 Å². The van der Waals surface area contributed by atoms with Crippen molar-refractivity contribution in [1.29, 1.82) is 0 Å². The Bertz CT molecular complexity index is 967. The standard InChI is InChI=1S/C23H24N2O/c1-15-5-4-6-16(11-15)12-18-21-19(13-23(2,3)14-20(21)26)25-22(18)17-7-9-24-10-8-17/h4-11,25H,12-14H2,1-3H3. The van der Waals surface area contributed by atoms with Crippen molar-refractivity contribution in [3.8, 4) is 11.3 Å². The van der Waals surface area contributed by atoms with Gasteiger partial charge in [-0.25, -0.2) is 0 Å². The van der Waals surface area contributed by atoms with Gasteiger partial charge in [0.05, 0.1) is 5.69 Å². The number of Topliss-reactive ketones (excluding diaryl/α,β-unsaturated/α-hetero) is 1. The van der Waals surface area contributed by atoms with Crippen LogP contribution in [0.15, 0.2) is 48.8 Å². The zero-order valence-electron chi connectivity index (χ0n) is 15.6. The van der Waals surface area contributed by atoms with Crippen molar-refractivity contribution in [2.75, 3.05) is 0 Å². The Morgan fingerprint density at radius 3 is 2.62 bits per heavy atom. The number of hydrogen-bond donors (Lipinski definition) is 1. The highest BCUT2D eigenvalue weighted by Gasteiger charge is 2.35. The van der Waals surface area contributed by atoms with Gasteiger partial charge in [0.2, 0.25) is 0 Å². The molecule has 0 atom stereocenters. The molecule has 4 rings (SSSR count). The maximum absolute atomic E-state index is 13.0. The molecule has 1 aromatic carbocycles. The van der Waals surface area contributed by atoms with E-state index in [1.165, 1.54) is 11.1 Å². The van der Waals surface area contributed by atoms with Crippen LogP contribution in [0.25, 0.3) is 11.3 Å². The van der Waals surface area contributed by atoms with Gasteiger partial charge in [0.1, 0.15) is 0 Å². The lowest BCUT2D eigenvalue weighted by Crippen LogP contribution is -2.27. The summed E-state index contributed by atoms with van der Waals surface area (Å²) in [4.78, 5) is 20.7. The van der Waals surface area contributed by atoms with Crippen LogP contribution in [0, 0.1) is 12.3 Å². The Morgan fingerprint density at radius 2 is 1.88 bits per heavy atom. The van der Waals surface area contributed by atoms with Gasteiger partial charge in [0.15, 0.2) is 5.78 Å². The highest BCUT2D eigenvalue weighted by molar-refractivity contribution is 6.02. The molecule has 3 aromatic rings. The van der Waals surface area contributed by atoms with Crippen LogP contribution >= 0.6 is 0 Å². The number of carbonyl (C=O) groups excluding carboxylic acids is 1. The second kappa shape index (κ2) is 6.24. The van der Waals surface area contributed by atoms with Crippen LogP contribution in [0.4, 0.5) is 0 Å². The smallest absolute Gasteiger partial charge is 0.165 e. The maximum atomic E-state index is 13.0. The molecule has 0 unspecified atom stereocenters. The third kappa shape index (κ3) is 3.10. The lowest BCUT2D eigenvalue weighted by Gasteiger charge is -2.28. The third-order valence-electron chi connectivity index (χ3n) is 5.19. The highest BCUT2D eigenvalue weighted by Crippen LogP contribution is 2.40. The summed E-state index contributed by atoms with van der Waals surface area (Å²) in [6.07, 6.45) is 5.88. The normalized spacial score (nSPS) is 15.7. The number of aromatic nitrogens is 2. The second-order valence-corrected chi connectivity index (χ2v) is 8.17. The lowest BCUT2D eigenvalue weighted by molar-refractivity contribution is 0.0911. The molecule has 2 aromatic heterocycles. The summed E-state index contributed by atoms with van der Waals surface area (Å²) in [7, 11) is 0. The highest BCUT2D eigenvalue weighted by atomic mass is 16.1. The van der Waals surface area contributed by atoms with E-state index >= 15 is 0 Å². The van der Waals surface area contributed by atoms with E-state index in [4.69, 9.17) is 0 Å². The monoisotopic (exact) mass is 344 g/mol. The van der Waals surface area contributed by atoms with Crippen LogP contribution in [-0.2, 0) is 12.8 Å². The first-order chi connectivity index (χ1) is 12.4. The van der Waals surface area contributed by atoms with Crippen LogP contribution in [0.5, 0.6) is 0 Å². The first-order valence-electron chi connectivity index (χ1n) is 9.16. The Morgan fingerprint density at radius 1 is 1.12 bits per heavy atom. The average Bonchev–Trinajstić information content (AvgIpc) is 2.93. The molecule has 26 heavy (non-hydrogen) atoms. The molecular weight excluding hydrogens is 320 g/mol.